The summed E-state index contributed by atoms with van der Waals surface area (Å²) in [7, 11) is 0. The van der Waals surface area contributed by atoms with E-state index in [-0.39, 0.29) is 5.91 Å². The number of para-hydroxylation sites is 2. The smallest absolute Gasteiger partial charge is 0.224 e. The molecule has 136 valence electrons. The van der Waals surface area contributed by atoms with Crippen molar-refractivity contribution in [3.8, 4) is 5.69 Å². The molecule has 0 saturated carbocycles. The molecule has 4 rings (SSSR count). The van der Waals surface area contributed by atoms with E-state index in [2.05, 4.69) is 21.5 Å². The molecule has 2 aromatic carbocycles. The standard InChI is InChI=1S/C22H22N4O/c1-15-22(16(2)26(25-15)18-8-4-3-5-9-18)24-21(27)13-12-17-14-23-20-11-7-6-10-19(17)20/h3-11,14,23H,12-13H2,1-2H3,(H,24,27). The van der Waals surface area contributed by atoms with Gasteiger partial charge in [0.25, 0.3) is 0 Å². The quantitative estimate of drug-likeness (QED) is 0.550. The van der Waals surface area contributed by atoms with Crippen LogP contribution in [0.15, 0.2) is 60.8 Å². The second-order valence-corrected chi connectivity index (χ2v) is 6.70. The third-order valence-electron chi connectivity index (χ3n) is 4.85. The molecule has 5 nitrogen and oxygen atoms in total. The normalized spacial score (nSPS) is 11.0. The van der Waals surface area contributed by atoms with Crippen molar-refractivity contribution < 1.29 is 4.79 Å². The molecule has 0 saturated heterocycles. The maximum Gasteiger partial charge on any atom is 0.224 e. The van der Waals surface area contributed by atoms with Crippen LogP contribution in [0.5, 0.6) is 0 Å². The molecule has 2 N–H and O–H groups in total. The lowest BCUT2D eigenvalue weighted by molar-refractivity contribution is -0.116. The highest BCUT2D eigenvalue weighted by atomic mass is 16.1. The zero-order valence-corrected chi connectivity index (χ0v) is 15.5. The van der Waals surface area contributed by atoms with E-state index in [4.69, 9.17) is 0 Å². The Kier molecular flexibility index (Phi) is 4.50. The number of hydrogen-bond acceptors (Lipinski definition) is 2. The van der Waals surface area contributed by atoms with Crippen LogP contribution < -0.4 is 5.32 Å². The molecule has 2 aromatic heterocycles. The van der Waals surface area contributed by atoms with Crippen LogP contribution in [0, 0.1) is 13.8 Å². The monoisotopic (exact) mass is 358 g/mol. The maximum absolute atomic E-state index is 12.5. The molecular formula is C22H22N4O. The molecular weight excluding hydrogens is 336 g/mol. The second-order valence-electron chi connectivity index (χ2n) is 6.70. The lowest BCUT2D eigenvalue weighted by atomic mass is 10.1. The van der Waals surface area contributed by atoms with Gasteiger partial charge in [0.2, 0.25) is 5.91 Å². The summed E-state index contributed by atoms with van der Waals surface area (Å²) < 4.78 is 1.87. The Morgan fingerprint density at radius 2 is 1.81 bits per heavy atom. The van der Waals surface area contributed by atoms with Gasteiger partial charge in [0.05, 0.1) is 22.8 Å². The highest BCUT2D eigenvalue weighted by Crippen LogP contribution is 2.24. The predicted octanol–water partition coefficient (Wildman–Crippen LogP) is 4.54. The molecule has 4 aromatic rings. The number of nitrogens with zero attached hydrogens (tertiary/aromatic N) is 2. The van der Waals surface area contributed by atoms with Gasteiger partial charge in [-0.05, 0) is 44.0 Å². The number of rotatable bonds is 5. The average Bonchev–Trinajstić information content (AvgIpc) is 3.23. The highest BCUT2D eigenvalue weighted by Gasteiger charge is 2.15. The first-order chi connectivity index (χ1) is 13.1. The Labute approximate surface area is 158 Å². The van der Waals surface area contributed by atoms with Crippen LogP contribution in [0.1, 0.15) is 23.4 Å². The molecule has 5 heteroatoms. The minimum atomic E-state index is -0.000840. The number of carbonyl (C=O) groups excluding carboxylic acids is 1. The van der Waals surface area contributed by atoms with E-state index in [1.165, 1.54) is 5.39 Å². The summed E-state index contributed by atoms with van der Waals surface area (Å²) in [6.07, 6.45) is 3.11. The number of amides is 1. The van der Waals surface area contributed by atoms with Crippen LogP contribution in [0.2, 0.25) is 0 Å². The number of nitrogens with one attached hydrogen (secondary N) is 2. The molecule has 0 unspecified atom stereocenters. The van der Waals surface area contributed by atoms with Crippen LogP contribution in [0.3, 0.4) is 0 Å². The van der Waals surface area contributed by atoms with Gasteiger partial charge in [-0.15, -0.1) is 0 Å². The molecule has 0 fully saturated rings. The van der Waals surface area contributed by atoms with Gasteiger partial charge in [-0.3, -0.25) is 4.79 Å². The number of anilines is 1. The molecule has 0 aliphatic heterocycles. The lowest BCUT2D eigenvalue weighted by Crippen LogP contribution is -2.13. The molecule has 2 heterocycles. The molecule has 27 heavy (non-hydrogen) atoms. The van der Waals surface area contributed by atoms with Crippen LogP contribution >= 0.6 is 0 Å². The topological polar surface area (TPSA) is 62.7 Å². The summed E-state index contributed by atoms with van der Waals surface area (Å²) in [5, 5.41) is 8.80. The molecule has 1 amide bonds. The number of aromatic amines is 1. The number of aryl methyl sites for hydroxylation is 2. The summed E-state index contributed by atoms with van der Waals surface area (Å²) in [4.78, 5) is 15.8. The van der Waals surface area contributed by atoms with E-state index in [0.29, 0.717) is 12.8 Å². The minimum absolute atomic E-state index is 0.000840. The largest absolute Gasteiger partial charge is 0.361 e. The van der Waals surface area contributed by atoms with Crippen LogP contribution in [-0.4, -0.2) is 20.7 Å². The molecule has 0 aliphatic carbocycles. The molecule has 0 atom stereocenters. The van der Waals surface area contributed by atoms with Gasteiger partial charge >= 0.3 is 0 Å². The van der Waals surface area contributed by atoms with E-state index in [1.54, 1.807) is 0 Å². The third kappa shape index (κ3) is 3.36. The molecule has 0 spiro atoms. The van der Waals surface area contributed by atoms with Gasteiger partial charge in [-0.2, -0.15) is 5.10 Å². The van der Waals surface area contributed by atoms with E-state index >= 15 is 0 Å². The van der Waals surface area contributed by atoms with Gasteiger partial charge in [-0.25, -0.2) is 4.68 Å². The van der Waals surface area contributed by atoms with Crippen molar-refractivity contribution in [1.29, 1.82) is 0 Å². The number of hydrogen-bond donors (Lipinski definition) is 2. The van der Waals surface area contributed by atoms with Crippen LogP contribution in [0.4, 0.5) is 5.69 Å². The van der Waals surface area contributed by atoms with E-state index in [1.807, 2.05) is 73.3 Å². The maximum atomic E-state index is 12.5. The fraction of sp³-hybridized carbons (Fsp3) is 0.182. The van der Waals surface area contributed by atoms with E-state index < -0.39 is 0 Å². The number of carbonyl (C=O) groups is 1. The Bertz CT molecular complexity index is 1090. The number of aromatic nitrogens is 3. The Morgan fingerprint density at radius 1 is 1.07 bits per heavy atom. The van der Waals surface area contributed by atoms with Gasteiger partial charge < -0.3 is 10.3 Å². The SMILES string of the molecule is Cc1nn(-c2ccccc2)c(C)c1NC(=O)CCc1c[nH]c2ccccc12. The molecule has 0 radical (unpaired) electrons. The van der Waals surface area contributed by atoms with Crippen LogP contribution in [0.25, 0.3) is 16.6 Å². The van der Waals surface area contributed by atoms with Gasteiger partial charge in [0.15, 0.2) is 0 Å². The van der Waals surface area contributed by atoms with Gasteiger partial charge in [0.1, 0.15) is 0 Å². The Hall–Kier alpha value is -3.34. The summed E-state index contributed by atoms with van der Waals surface area (Å²) in [5.74, 6) is -0.000840. The van der Waals surface area contributed by atoms with Crippen molar-refractivity contribution in [1.82, 2.24) is 14.8 Å². The van der Waals surface area contributed by atoms with Gasteiger partial charge in [-0.1, -0.05) is 36.4 Å². The number of benzene rings is 2. The zero-order valence-electron chi connectivity index (χ0n) is 15.5. The van der Waals surface area contributed by atoms with E-state index in [9.17, 15) is 4.79 Å². The van der Waals surface area contributed by atoms with Crippen molar-refractivity contribution in [2.24, 2.45) is 0 Å². The molecule has 0 bridgehead atoms. The van der Waals surface area contributed by atoms with Crippen LogP contribution in [-0.2, 0) is 11.2 Å². The fourth-order valence-electron chi connectivity index (χ4n) is 3.43. The first-order valence-electron chi connectivity index (χ1n) is 9.10. The van der Waals surface area contributed by atoms with Crippen molar-refractivity contribution >= 4 is 22.5 Å². The zero-order chi connectivity index (χ0) is 18.8. The Morgan fingerprint density at radius 3 is 2.63 bits per heavy atom. The first kappa shape index (κ1) is 17.1. The first-order valence-corrected chi connectivity index (χ1v) is 9.10. The average molecular weight is 358 g/mol. The van der Waals surface area contributed by atoms with Crippen molar-refractivity contribution in [3.63, 3.8) is 0 Å². The van der Waals surface area contributed by atoms with Crippen molar-refractivity contribution in [2.45, 2.75) is 26.7 Å². The Balaban J connectivity index is 1.48. The number of fused-ring (bicyclic) bond motifs is 1. The predicted molar refractivity (Wildman–Crippen MR) is 108 cm³/mol. The van der Waals surface area contributed by atoms with Crippen molar-refractivity contribution in [2.75, 3.05) is 5.32 Å². The van der Waals surface area contributed by atoms with Crippen molar-refractivity contribution in [3.05, 3.63) is 77.7 Å². The van der Waals surface area contributed by atoms with Gasteiger partial charge in [0, 0.05) is 23.5 Å². The van der Waals surface area contributed by atoms with E-state index in [0.717, 1.165) is 33.8 Å². The highest BCUT2D eigenvalue weighted by molar-refractivity contribution is 5.92. The summed E-state index contributed by atoms with van der Waals surface area (Å²) in [6, 6.07) is 18.1. The summed E-state index contributed by atoms with van der Waals surface area (Å²) in [5.41, 5.74) is 5.79. The third-order valence-corrected chi connectivity index (χ3v) is 4.85. The number of H-pyrrole nitrogens is 1. The summed E-state index contributed by atoms with van der Waals surface area (Å²) >= 11 is 0. The lowest BCUT2D eigenvalue weighted by Gasteiger charge is -2.07. The minimum Gasteiger partial charge on any atom is -0.361 e. The summed E-state index contributed by atoms with van der Waals surface area (Å²) in [6.45, 7) is 3.89. The fourth-order valence-corrected chi connectivity index (χ4v) is 3.43. The second kappa shape index (κ2) is 7.11. The molecule has 0 aliphatic rings.